The van der Waals surface area contributed by atoms with Crippen LogP contribution in [0.25, 0.3) is 0 Å². The van der Waals surface area contributed by atoms with Crippen LogP contribution in [0.3, 0.4) is 0 Å². The second kappa shape index (κ2) is 6.40. The molecule has 2 aromatic rings. The van der Waals surface area contributed by atoms with Gasteiger partial charge in [0.15, 0.2) is 0 Å². The van der Waals surface area contributed by atoms with Crippen molar-refractivity contribution in [2.45, 2.75) is 6.61 Å². The van der Waals surface area contributed by atoms with Crippen LogP contribution in [-0.4, -0.2) is 4.89 Å². The van der Waals surface area contributed by atoms with Crippen molar-refractivity contribution in [3.63, 3.8) is 0 Å². The lowest BCUT2D eigenvalue weighted by Crippen LogP contribution is -2.00. The fourth-order valence-corrected chi connectivity index (χ4v) is 2.37. The summed E-state index contributed by atoms with van der Waals surface area (Å²) in [7, 11) is -0.206. The molecule has 0 fully saturated rings. The van der Waals surface area contributed by atoms with E-state index in [1.165, 1.54) is 0 Å². The van der Waals surface area contributed by atoms with Gasteiger partial charge in [-0.2, -0.15) is 0 Å². The highest BCUT2D eigenvalue weighted by Gasteiger charge is 2.03. The summed E-state index contributed by atoms with van der Waals surface area (Å²) in [4.78, 5) is 9.07. The van der Waals surface area contributed by atoms with Crippen molar-refractivity contribution in [2.75, 3.05) is 0 Å². The van der Waals surface area contributed by atoms with Crippen LogP contribution >= 0.6 is 32.0 Å². The number of hydrogen-bond donors (Lipinski definition) is 1. The second-order valence-corrected chi connectivity index (χ2v) is 5.32. The molecule has 2 aromatic carbocycles. The Labute approximate surface area is 117 Å². The molecule has 1 N–H and O–H groups in total. The highest BCUT2D eigenvalue weighted by molar-refractivity contribution is 7.40. The maximum atomic E-state index is 9.07. The Morgan fingerprint density at radius 2 is 1.94 bits per heavy atom. The van der Waals surface area contributed by atoms with Gasteiger partial charge in [-0.15, -0.1) is 0 Å². The minimum atomic E-state index is -0.206. The summed E-state index contributed by atoms with van der Waals surface area (Å²) in [5, 5.41) is 1.96. The van der Waals surface area contributed by atoms with Gasteiger partial charge in [-0.1, -0.05) is 41.4 Å². The van der Waals surface area contributed by atoms with E-state index >= 15 is 0 Å². The van der Waals surface area contributed by atoms with Crippen molar-refractivity contribution in [3.05, 3.63) is 58.1 Å². The molecule has 0 amide bonds. The molecule has 0 heterocycles. The minimum absolute atomic E-state index is 0.206. The average Bonchev–Trinajstić information content (AvgIpc) is 2.38. The van der Waals surface area contributed by atoms with Crippen molar-refractivity contribution in [3.8, 4) is 5.75 Å². The Balaban J connectivity index is 2.06. The van der Waals surface area contributed by atoms with Gasteiger partial charge in [0.25, 0.3) is 0 Å². The molecule has 0 saturated carbocycles. The Morgan fingerprint density at radius 1 is 1.11 bits per heavy atom. The molecule has 0 aromatic heterocycles. The Hall–Kier alpha value is -0.790. The van der Waals surface area contributed by atoms with Crippen LogP contribution in [0.4, 0.5) is 0 Å². The largest absolute Gasteiger partial charge is 0.487 e. The number of rotatable bonds is 4. The lowest BCUT2D eigenvalue weighted by Gasteiger charge is -2.09. The third kappa shape index (κ3) is 3.60. The summed E-state index contributed by atoms with van der Waals surface area (Å²) in [5.41, 5.74) is 0.986. The van der Waals surface area contributed by atoms with Crippen LogP contribution in [0.5, 0.6) is 5.75 Å². The molecule has 0 spiro atoms. The van der Waals surface area contributed by atoms with E-state index in [0.29, 0.717) is 22.4 Å². The second-order valence-electron chi connectivity index (χ2n) is 3.68. The van der Waals surface area contributed by atoms with E-state index in [-0.39, 0.29) is 8.81 Å². The topological polar surface area (TPSA) is 29.5 Å². The molecular weight excluding hydrogens is 290 g/mol. The highest BCUT2D eigenvalue weighted by Crippen LogP contribution is 2.28. The van der Waals surface area contributed by atoms with Gasteiger partial charge in [0.05, 0.1) is 5.02 Å². The van der Waals surface area contributed by atoms with E-state index in [1.54, 1.807) is 18.2 Å². The predicted octanol–water partition coefficient (Wildman–Crippen LogP) is 3.78. The zero-order valence-electron chi connectivity index (χ0n) is 9.36. The summed E-state index contributed by atoms with van der Waals surface area (Å²) in [6.07, 6.45) is 0. The first kappa shape index (κ1) is 13.6. The lowest BCUT2D eigenvalue weighted by molar-refractivity contribution is 0.306. The third-order valence-electron chi connectivity index (χ3n) is 2.34. The molecule has 0 saturated heterocycles. The van der Waals surface area contributed by atoms with E-state index in [9.17, 15) is 0 Å². The number of ether oxygens (including phenoxy) is 1. The Kier molecular flexibility index (Phi) is 4.85. The highest BCUT2D eigenvalue weighted by atomic mass is 35.5. The zero-order chi connectivity index (χ0) is 13.0. The molecule has 0 aliphatic carbocycles. The maximum absolute atomic E-state index is 9.07. The Morgan fingerprint density at radius 3 is 2.67 bits per heavy atom. The quantitative estimate of drug-likeness (QED) is 0.871. The van der Waals surface area contributed by atoms with E-state index in [1.807, 2.05) is 24.3 Å². The van der Waals surface area contributed by atoms with Gasteiger partial charge in [0.2, 0.25) is 0 Å². The van der Waals surface area contributed by atoms with Gasteiger partial charge >= 0.3 is 0 Å². The van der Waals surface area contributed by atoms with E-state index in [4.69, 9.17) is 32.8 Å². The number of benzene rings is 2. The summed E-state index contributed by atoms with van der Waals surface area (Å²) >= 11 is 11.8. The van der Waals surface area contributed by atoms with Crippen molar-refractivity contribution in [1.29, 1.82) is 0 Å². The van der Waals surface area contributed by atoms with E-state index < -0.39 is 0 Å². The molecule has 0 aliphatic heterocycles. The van der Waals surface area contributed by atoms with Gasteiger partial charge in [-0.25, -0.2) is 0 Å². The fourth-order valence-electron chi connectivity index (χ4n) is 1.48. The van der Waals surface area contributed by atoms with E-state index in [0.717, 1.165) is 10.9 Å². The molecule has 94 valence electrons. The molecule has 0 radical (unpaired) electrons. The van der Waals surface area contributed by atoms with Crippen molar-refractivity contribution < 1.29 is 9.63 Å². The van der Waals surface area contributed by atoms with E-state index in [2.05, 4.69) is 0 Å². The normalized spacial score (nSPS) is 11.1. The summed E-state index contributed by atoms with van der Waals surface area (Å²) in [5.74, 6) is 0.595. The fraction of sp³-hybridized carbons (Fsp3) is 0.0769. The van der Waals surface area contributed by atoms with Gasteiger partial charge in [-0.3, -0.25) is 0 Å². The summed E-state index contributed by atoms with van der Waals surface area (Å²) < 4.78 is 5.61. The first-order valence-corrected chi connectivity index (χ1v) is 6.96. The van der Waals surface area contributed by atoms with Gasteiger partial charge in [0, 0.05) is 13.8 Å². The minimum Gasteiger partial charge on any atom is -0.487 e. The molecule has 5 heteroatoms. The van der Waals surface area contributed by atoms with Gasteiger partial charge in [-0.05, 0) is 35.1 Å². The molecule has 1 atom stereocenters. The average molecular weight is 301 g/mol. The van der Waals surface area contributed by atoms with Crippen LogP contribution in [0.2, 0.25) is 10.0 Å². The van der Waals surface area contributed by atoms with Crippen LogP contribution < -0.4 is 10.0 Å². The van der Waals surface area contributed by atoms with Crippen LogP contribution in [0.1, 0.15) is 5.56 Å². The summed E-state index contributed by atoms with van der Waals surface area (Å²) in [6, 6.07) is 12.7. The molecule has 2 rings (SSSR count). The zero-order valence-corrected chi connectivity index (χ0v) is 11.9. The molecule has 0 aliphatic rings. The predicted molar refractivity (Wildman–Crippen MR) is 77.4 cm³/mol. The number of hydrogen-bond acceptors (Lipinski definition) is 2. The lowest BCUT2D eigenvalue weighted by atomic mass is 10.2. The third-order valence-corrected chi connectivity index (χ3v) is 3.44. The van der Waals surface area contributed by atoms with Crippen molar-refractivity contribution in [1.82, 2.24) is 0 Å². The maximum Gasteiger partial charge on any atom is 0.138 e. The van der Waals surface area contributed by atoms with Gasteiger partial charge in [0.1, 0.15) is 12.4 Å². The van der Waals surface area contributed by atoms with Crippen LogP contribution in [0, 0.1) is 0 Å². The Bertz CT molecular complexity index is 546. The first-order chi connectivity index (χ1) is 8.69. The molecular formula is C13H11Cl2O2P. The first-order valence-electron chi connectivity index (χ1n) is 5.26. The van der Waals surface area contributed by atoms with Gasteiger partial charge < -0.3 is 9.63 Å². The summed E-state index contributed by atoms with van der Waals surface area (Å²) in [6.45, 7) is 0.402. The standard InChI is InChI=1S/C13H11Cl2O2P/c14-10-4-5-13(12(15)7-10)17-8-9-2-1-3-11(6-9)18-16/h1-7,16,18H,8H2. The molecule has 0 bridgehead atoms. The monoisotopic (exact) mass is 300 g/mol. The van der Waals surface area contributed by atoms with Crippen LogP contribution in [0.15, 0.2) is 42.5 Å². The SMILES string of the molecule is OPc1cccc(COc2ccc(Cl)cc2Cl)c1. The van der Waals surface area contributed by atoms with Crippen LogP contribution in [-0.2, 0) is 6.61 Å². The smallest absolute Gasteiger partial charge is 0.138 e. The molecule has 2 nitrogen and oxygen atoms in total. The van der Waals surface area contributed by atoms with Crippen molar-refractivity contribution >= 4 is 37.3 Å². The molecule has 1 unspecified atom stereocenters. The van der Waals surface area contributed by atoms with Crippen molar-refractivity contribution in [2.24, 2.45) is 0 Å². The molecule has 18 heavy (non-hydrogen) atoms. The number of halogens is 2.